The van der Waals surface area contributed by atoms with E-state index in [1.54, 1.807) is 12.1 Å². The van der Waals surface area contributed by atoms with Gasteiger partial charge in [0.05, 0.1) is 24.7 Å². The van der Waals surface area contributed by atoms with Crippen molar-refractivity contribution < 1.29 is 18.7 Å². The molecule has 0 N–H and O–H groups in total. The minimum absolute atomic E-state index is 0.102. The molecule has 0 spiro atoms. The molecule has 0 aromatic heterocycles. The van der Waals surface area contributed by atoms with Gasteiger partial charge in [0.15, 0.2) is 11.5 Å². The van der Waals surface area contributed by atoms with E-state index in [0.717, 1.165) is 22.8 Å². The number of hydrogen-bond donors (Lipinski definition) is 0. The first kappa shape index (κ1) is 18.9. The predicted octanol–water partition coefficient (Wildman–Crippen LogP) is 3.43. The second-order valence-electron chi connectivity index (χ2n) is 6.77. The van der Waals surface area contributed by atoms with Gasteiger partial charge >= 0.3 is 0 Å². The number of amides is 1. The van der Waals surface area contributed by atoms with Crippen molar-refractivity contribution in [1.82, 2.24) is 4.90 Å². The maximum atomic E-state index is 13.9. The van der Waals surface area contributed by atoms with Gasteiger partial charge in [-0.05, 0) is 30.3 Å². The highest BCUT2D eigenvalue weighted by Crippen LogP contribution is 2.34. The first-order chi connectivity index (χ1) is 13.7. The largest absolute Gasteiger partial charge is 0.490 e. The molecule has 7 heteroatoms. The number of benzene rings is 2. The Morgan fingerprint density at radius 1 is 1.00 bits per heavy atom. The molecule has 28 heavy (non-hydrogen) atoms. The minimum Gasteiger partial charge on any atom is -0.490 e. The van der Waals surface area contributed by atoms with E-state index >= 15 is 0 Å². The topological polar surface area (TPSA) is 42.0 Å². The molecule has 2 aliphatic rings. The molecule has 0 radical (unpaired) electrons. The van der Waals surface area contributed by atoms with Crippen LogP contribution >= 0.6 is 11.8 Å². The van der Waals surface area contributed by atoms with Crippen LogP contribution in [0.3, 0.4) is 0 Å². The smallest absolute Gasteiger partial charge is 0.233 e. The third-order valence-electron chi connectivity index (χ3n) is 4.91. The molecule has 5 nitrogen and oxygen atoms in total. The zero-order chi connectivity index (χ0) is 19.3. The summed E-state index contributed by atoms with van der Waals surface area (Å²) in [6, 6.07) is 12.6. The van der Waals surface area contributed by atoms with Crippen LogP contribution in [-0.2, 0) is 4.79 Å². The average Bonchev–Trinajstić information content (AvgIpc) is 2.97. The van der Waals surface area contributed by atoms with Gasteiger partial charge in [-0.25, -0.2) is 4.39 Å². The van der Waals surface area contributed by atoms with E-state index in [0.29, 0.717) is 50.8 Å². The molecule has 0 atom stereocenters. The summed E-state index contributed by atoms with van der Waals surface area (Å²) in [6.45, 7) is 3.80. The van der Waals surface area contributed by atoms with E-state index < -0.39 is 0 Å². The third kappa shape index (κ3) is 4.35. The van der Waals surface area contributed by atoms with Gasteiger partial charge in [0, 0.05) is 37.5 Å². The van der Waals surface area contributed by atoms with Crippen LogP contribution in [0.4, 0.5) is 10.1 Å². The fraction of sp³-hybridized carbons (Fsp3) is 0.381. The number of hydrogen-bond acceptors (Lipinski definition) is 5. The van der Waals surface area contributed by atoms with Crippen molar-refractivity contribution in [3.63, 3.8) is 0 Å². The number of thioether (sulfide) groups is 1. The van der Waals surface area contributed by atoms with E-state index in [-0.39, 0.29) is 11.7 Å². The lowest BCUT2D eigenvalue weighted by Gasteiger charge is -2.36. The maximum absolute atomic E-state index is 13.9. The Morgan fingerprint density at radius 3 is 2.54 bits per heavy atom. The number of para-hydroxylation sites is 1. The van der Waals surface area contributed by atoms with E-state index in [9.17, 15) is 9.18 Å². The highest BCUT2D eigenvalue weighted by molar-refractivity contribution is 8.00. The number of rotatable bonds is 4. The first-order valence-electron chi connectivity index (χ1n) is 9.50. The van der Waals surface area contributed by atoms with Crippen molar-refractivity contribution in [2.45, 2.75) is 11.3 Å². The SMILES string of the molecule is O=C(CSc1ccc2c(c1)OCCCO2)N1CCN(c2ccccc2F)CC1. The highest BCUT2D eigenvalue weighted by atomic mass is 32.2. The van der Waals surface area contributed by atoms with Gasteiger partial charge in [-0.1, -0.05) is 12.1 Å². The molecule has 4 rings (SSSR count). The summed E-state index contributed by atoms with van der Waals surface area (Å²) in [5.74, 6) is 1.77. The van der Waals surface area contributed by atoms with Crippen molar-refractivity contribution in [2.24, 2.45) is 0 Å². The molecule has 0 bridgehead atoms. The number of nitrogens with zero attached hydrogens (tertiary/aromatic N) is 2. The molecule has 1 saturated heterocycles. The summed E-state index contributed by atoms with van der Waals surface area (Å²) in [5.41, 5.74) is 0.608. The van der Waals surface area contributed by atoms with Crippen molar-refractivity contribution in [3.8, 4) is 11.5 Å². The molecule has 2 heterocycles. The van der Waals surface area contributed by atoms with Gasteiger partial charge in [-0.3, -0.25) is 4.79 Å². The lowest BCUT2D eigenvalue weighted by Crippen LogP contribution is -2.49. The van der Waals surface area contributed by atoms with Crippen LogP contribution < -0.4 is 14.4 Å². The van der Waals surface area contributed by atoms with E-state index in [4.69, 9.17) is 9.47 Å². The summed E-state index contributed by atoms with van der Waals surface area (Å²) < 4.78 is 25.3. The van der Waals surface area contributed by atoms with E-state index in [2.05, 4.69) is 0 Å². The summed E-state index contributed by atoms with van der Waals surface area (Å²) in [4.78, 5) is 17.4. The number of carbonyl (C=O) groups is 1. The Balaban J connectivity index is 1.29. The summed E-state index contributed by atoms with van der Waals surface area (Å²) in [6.07, 6.45) is 0.870. The van der Waals surface area contributed by atoms with Crippen LogP contribution in [0.2, 0.25) is 0 Å². The van der Waals surface area contributed by atoms with Crippen molar-refractivity contribution >= 4 is 23.4 Å². The maximum Gasteiger partial charge on any atom is 0.233 e. The highest BCUT2D eigenvalue weighted by Gasteiger charge is 2.22. The van der Waals surface area contributed by atoms with E-state index in [1.165, 1.54) is 17.8 Å². The Morgan fingerprint density at radius 2 is 1.75 bits per heavy atom. The minimum atomic E-state index is -0.216. The van der Waals surface area contributed by atoms with Crippen LogP contribution in [-0.4, -0.2) is 56.0 Å². The first-order valence-corrected chi connectivity index (χ1v) is 10.5. The number of anilines is 1. The number of fused-ring (bicyclic) bond motifs is 1. The number of halogens is 1. The number of piperazine rings is 1. The van der Waals surface area contributed by atoms with Gasteiger partial charge in [0.2, 0.25) is 5.91 Å². The molecule has 2 aromatic rings. The molecular formula is C21H23FN2O3S. The molecular weight excluding hydrogens is 379 g/mol. The fourth-order valence-electron chi connectivity index (χ4n) is 3.37. The quantitative estimate of drug-likeness (QED) is 0.733. The fourth-order valence-corrected chi connectivity index (χ4v) is 4.20. The standard InChI is InChI=1S/C21H23FN2O3S/c22-17-4-1-2-5-18(17)23-8-10-24(11-9-23)21(25)15-28-16-6-7-19-20(14-16)27-13-3-12-26-19/h1-2,4-7,14H,3,8-13,15H2. The molecule has 1 amide bonds. The predicted molar refractivity (Wildman–Crippen MR) is 108 cm³/mol. The van der Waals surface area contributed by atoms with Gasteiger partial charge in [-0.2, -0.15) is 0 Å². The van der Waals surface area contributed by atoms with Crippen LogP contribution in [0.25, 0.3) is 0 Å². The lowest BCUT2D eigenvalue weighted by molar-refractivity contribution is -0.128. The summed E-state index contributed by atoms with van der Waals surface area (Å²) in [5, 5.41) is 0. The van der Waals surface area contributed by atoms with Crippen molar-refractivity contribution in [2.75, 3.05) is 50.0 Å². The molecule has 148 valence electrons. The van der Waals surface area contributed by atoms with Gasteiger partial charge in [-0.15, -0.1) is 11.8 Å². The normalized spacial score (nSPS) is 16.6. The molecule has 1 fully saturated rings. The van der Waals surface area contributed by atoms with E-state index in [1.807, 2.05) is 34.1 Å². The Kier molecular flexibility index (Phi) is 5.90. The van der Waals surface area contributed by atoms with Gasteiger partial charge < -0.3 is 19.3 Å². The van der Waals surface area contributed by atoms with Crippen LogP contribution in [0.15, 0.2) is 47.4 Å². The molecule has 0 unspecified atom stereocenters. The second-order valence-corrected chi connectivity index (χ2v) is 7.82. The van der Waals surface area contributed by atoms with Crippen LogP contribution in [0.1, 0.15) is 6.42 Å². The average molecular weight is 402 g/mol. The monoisotopic (exact) mass is 402 g/mol. The van der Waals surface area contributed by atoms with Gasteiger partial charge in [0.1, 0.15) is 5.82 Å². The summed E-state index contributed by atoms with van der Waals surface area (Å²) >= 11 is 1.50. The Labute approximate surface area is 168 Å². The van der Waals surface area contributed by atoms with Crippen molar-refractivity contribution in [3.05, 3.63) is 48.3 Å². The van der Waals surface area contributed by atoms with Crippen LogP contribution in [0, 0.1) is 5.82 Å². The molecule has 2 aromatic carbocycles. The number of carbonyl (C=O) groups excluding carboxylic acids is 1. The Bertz CT molecular complexity index is 840. The molecule has 0 saturated carbocycles. The lowest BCUT2D eigenvalue weighted by atomic mass is 10.2. The summed E-state index contributed by atoms with van der Waals surface area (Å²) in [7, 11) is 0. The zero-order valence-corrected chi connectivity index (χ0v) is 16.4. The third-order valence-corrected chi connectivity index (χ3v) is 5.89. The number of ether oxygens (including phenoxy) is 2. The van der Waals surface area contributed by atoms with Gasteiger partial charge in [0.25, 0.3) is 0 Å². The molecule has 0 aliphatic carbocycles. The Hall–Kier alpha value is -2.41. The molecule has 2 aliphatic heterocycles. The van der Waals surface area contributed by atoms with Crippen molar-refractivity contribution in [1.29, 1.82) is 0 Å². The zero-order valence-electron chi connectivity index (χ0n) is 15.6. The second kappa shape index (κ2) is 8.73. The van der Waals surface area contributed by atoms with Crippen LogP contribution in [0.5, 0.6) is 11.5 Å².